The van der Waals surface area contributed by atoms with Gasteiger partial charge in [-0.25, -0.2) is 0 Å². The lowest BCUT2D eigenvalue weighted by atomic mass is 9.78. The fourth-order valence-electron chi connectivity index (χ4n) is 5.45. The van der Waals surface area contributed by atoms with Crippen molar-refractivity contribution in [1.29, 1.82) is 0 Å². The predicted molar refractivity (Wildman–Crippen MR) is 162 cm³/mol. The molecule has 194 valence electrons. The van der Waals surface area contributed by atoms with Crippen LogP contribution in [0.5, 0.6) is 0 Å². The summed E-state index contributed by atoms with van der Waals surface area (Å²) in [6, 6.07) is 43.1. The summed E-state index contributed by atoms with van der Waals surface area (Å²) in [4.78, 5) is 0. The Kier molecular flexibility index (Phi) is 9.86. The lowest BCUT2D eigenvalue weighted by molar-refractivity contribution is 0.286. The molecule has 0 bridgehead atoms. The smallest absolute Gasteiger partial charge is 0.0339 e. The zero-order valence-electron chi connectivity index (χ0n) is 22.6. The van der Waals surface area contributed by atoms with Gasteiger partial charge in [0.1, 0.15) is 0 Å². The van der Waals surface area contributed by atoms with Crippen LogP contribution in [0.3, 0.4) is 0 Å². The van der Waals surface area contributed by atoms with E-state index in [0.717, 1.165) is 0 Å². The lowest BCUT2D eigenvalue weighted by Crippen LogP contribution is -2.54. The van der Waals surface area contributed by atoms with Crippen LogP contribution >= 0.6 is 0 Å². The molecule has 0 saturated carbocycles. The van der Waals surface area contributed by atoms with Gasteiger partial charge in [0.05, 0.1) is 0 Å². The van der Waals surface area contributed by atoms with Crippen LogP contribution in [0.2, 0.25) is 0 Å². The number of benzene rings is 4. The van der Waals surface area contributed by atoms with Crippen molar-refractivity contribution in [1.82, 2.24) is 10.6 Å². The Labute approximate surface area is 229 Å². The zero-order chi connectivity index (χ0) is 26.7. The van der Waals surface area contributed by atoms with Crippen molar-refractivity contribution in [3.05, 3.63) is 169 Å². The minimum absolute atomic E-state index is 0.0273. The summed E-state index contributed by atoms with van der Waals surface area (Å²) in [6.45, 7) is 13.1. The van der Waals surface area contributed by atoms with Gasteiger partial charge in [0.15, 0.2) is 0 Å². The fraction of sp³-hybridized carbons (Fsp3) is 0.222. The Balaban J connectivity index is 1.81. The molecule has 0 fully saturated rings. The molecule has 0 radical (unpaired) electrons. The Morgan fingerprint density at radius 3 is 0.974 bits per heavy atom. The average molecular weight is 501 g/mol. The molecule has 4 aromatic rings. The fourth-order valence-corrected chi connectivity index (χ4v) is 5.45. The van der Waals surface area contributed by atoms with Crippen LogP contribution in [0.4, 0.5) is 0 Å². The Hall–Kier alpha value is -3.72. The van der Waals surface area contributed by atoms with Crippen LogP contribution in [0.15, 0.2) is 147 Å². The van der Waals surface area contributed by atoms with E-state index >= 15 is 0 Å². The molecule has 0 unspecified atom stereocenters. The average Bonchev–Trinajstić information content (AvgIpc) is 2.99. The summed E-state index contributed by atoms with van der Waals surface area (Å²) in [5.41, 5.74) is 5.02. The molecule has 0 aliphatic heterocycles. The van der Waals surface area contributed by atoms with Gasteiger partial charge in [-0.3, -0.25) is 0 Å². The van der Waals surface area contributed by atoms with Crippen molar-refractivity contribution in [3.8, 4) is 0 Å². The number of hydrogen-bond acceptors (Lipinski definition) is 2. The third kappa shape index (κ3) is 6.77. The quantitative estimate of drug-likeness (QED) is 0.180. The lowest BCUT2D eigenvalue weighted by Gasteiger charge is -2.41. The van der Waals surface area contributed by atoms with Crippen molar-refractivity contribution in [3.63, 3.8) is 0 Å². The molecule has 0 heterocycles. The van der Waals surface area contributed by atoms with Gasteiger partial charge in [-0.1, -0.05) is 133 Å². The molecule has 0 aromatic heterocycles. The van der Waals surface area contributed by atoms with E-state index in [1.54, 1.807) is 0 Å². The summed E-state index contributed by atoms with van der Waals surface area (Å²) < 4.78 is 0. The molecule has 0 amide bonds. The molecule has 0 aliphatic carbocycles. The van der Waals surface area contributed by atoms with Crippen molar-refractivity contribution >= 4 is 0 Å². The van der Waals surface area contributed by atoms with Gasteiger partial charge in [0, 0.05) is 36.0 Å². The predicted octanol–water partition coefficient (Wildman–Crippen LogP) is 8.36. The topological polar surface area (TPSA) is 24.1 Å². The monoisotopic (exact) mass is 500 g/mol. The second kappa shape index (κ2) is 13.7. The Morgan fingerprint density at radius 1 is 0.447 bits per heavy atom. The van der Waals surface area contributed by atoms with E-state index in [1.165, 1.54) is 22.3 Å². The zero-order valence-corrected chi connectivity index (χ0v) is 22.6. The highest BCUT2D eigenvalue weighted by Crippen LogP contribution is 2.34. The largest absolute Gasteiger partial charge is 0.305 e. The Bertz CT molecular complexity index is 1140. The van der Waals surface area contributed by atoms with Gasteiger partial charge in [-0.15, -0.1) is 13.2 Å². The number of rotatable bonds is 13. The maximum Gasteiger partial charge on any atom is 0.0339 e. The van der Waals surface area contributed by atoms with Gasteiger partial charge in [0.25, 0.3) is 0 Å². The van der Waals surface area contributed by atoms with Crippen molar-refractivity contribution < 1.29 is 0 Å². The van der Waals surface area contributed by atoms with Gasteiger partial charge < -0.3 is 10.6 Å². The summed E-state index contributed by atoms with van der Waals surface area (Å²) in [5, 5.41) is 8.09. The van der Waals surface area contributed by atoms with E-state index in [2.05, 4.69) is 171 Å². The summed E-state index contributed by atoms with van der Waals surface area (Å²) in [5.74, 6) is 0.156. The van der Waals surface area contributed by atoms with Gasteiger partial charge >= 0.3 is 0 Å². The highest BCUT2D eigenvalue weighted by atomic mass is 15.1. The van der Waals surface area contributed by atoms with E-state index < -0.39 is 0 Å². The van der Waals surface area contributed by atoms with Crippen LogP contribution in [-0.4, -0.2) is 12.1 Å². The first-order valence-electron chi connectivity index (χ1n) is 13.6. The molecular formula is C36H40N2. The molecule has 38 heavy (non-hydrogen) atoms. The highest BCUT2D eigenvalue weighted by molar-refractivity contribution is 5.32. The SMILES string of the molecule is C=C[C@H](c1ccccc1)[C@@H](N[C@@H](C)c1ccccc1)[C@H](N[C@@H](C)c1ccccc1)[C@H](C=C)c1ccccc1. The molecule has 0 saturated heterocycles. The highest BCUT2D eigenvalue weighted by Gasteiger charge is 2.36. The molecule has 6 atom stereocenters. The summed E-state index contributed by atoms with van der Waals surface area (Å²) in [7, 11) is 0. The molecule has 2 nitrogen and oxygen atoms in total. The van der Waals surface area contributed by atoms with Gasteiger partial charge in [-0.05, 0) is 36.1 Å². The summed E-state index contributed by atoms with van der Waals surface area (Å²) >= 11 is 0. The van der Waals surface area contributed by atoms with Crippen molar-refractivity contribution in [2.75, 3.05) is 0 Å². The second-order valence-electron chi connectivity index (χ2n) is 9.99. The molecule has 2 heteroatoms. The Morgan fingerprint density at radius 2 is 0.711 bits per heavy atom. The van der Waals surface area contributed by atoms with Crippen molar-refractivity contribution in [2.24, 2.45) is 0 Å². The van der Waals surface area contributed by atoms with Crippen LogP contribution < -0.4 is 10.6 Å². The molecule has 4 rings (SSSR count). The first-order valence-corrected chi connectivity index (χ1v) is 13.6. The third-order valence-electron chi connectivity index (χ3n) is 7.52. The van der Waals surface area contributed by atoms with E-state index in [-0.39, 0.29) is 36.0 Å². The van der Waals surface area contributed by atoms with Crippen molar-refractivity contribution in [2.45, 2.75) is 49.9 Å². The van der Waals surface area contributed by atoms with Crippen LogP contribution in [0.25, 0.3) is 0 Å². The first-order chi connectivity index (χ1) is 18.6. The number of nitrogens with one attached hydrogen (secondary N) is 2. The maximum atomic E-state index is 4.32. The first kappa shape index (κ1) is 27.3. The van der Waals surface area contributed by atoms with E-state index in [9.17, 15) is 0 Å². The minimum atomic E-state index is 0.0273. The van der Waals surface area contributed by atoms with E-state index in [1.807, 2.05) is 0 Å². The minimum Gasteiger partial charge on any atom is -0.305 e. The summed E-state index contributed by atoms with van der Waals surface area (Å²) in [6.07, 6.45) is 4.19. The third-order valence-corrected chi connectivity index (χ3v) is 7.52. The van der Waals surface area contributed by atoms with Crippen LogP contribution in [0.1, 0.15) is 60.0 Å². The molecular weight excluding hydrogens is 460 g/mol. The van der Waals surface area contributed by atoms with Gasteiger partial charge in [-0.2, -0.15) is 0 Å². The second-order valence-corrected chi connectivity index (χ2v) is 9.99. The molecule has 4 aromatic carbocycles. The molecule has 2 N–H and O–H groups in total. The molecule has 0 spiro atoms. The van der Waals surface area contributed by atoms with Gasteiger partial charge in [0.2, 0.25) is 0 Å². The van der Waals surface area contributed by atoms with E-state index in [0.29, 0.717) is 0 Å². The van der Waals surface area contributed by atoms with Crippen LogP contribution in [0, 0.1) is 0 Å². The standard InChI is InChI=1S/C36H40N2/c1-5-33(31-23-15-9-16-24-31)35(37-27(3)29-19-11-7-12-20-29)36(34(6-2)32-25-17-10-18-26-32)38-28(4)30-21-13-8-14-22-30/h5-28,33-38H,1-2H2,3-4H3/t27-,28-,33+,34+,35+,36+/m0/s1. The normalized spacial score (nSPS) is 15.9. The number of hydrogen-bond donors (Lipinski definition) is 2. The molecule has 0 aliphatic rings. The van der Waals surface area contributed by atoms with E-state index in [4.69, 9.17) is 0 Å². The van der Waals surface area contributed by atoms with Crippen LogP contribution in [-0.2, 0) is 0 Å². The maximum absolute atomic E-state index is 4.32.